The Morgan fingerprint density at radius 2 is 2.00 bits per heavy atom. The molecule has 2 fully saturated rings. The van der Waals surface area contributed by atoms with Crippen LogP contribution in [0.1, 0.15) is 31.2 Å². The van der Waals surface area contributed by atoms with Gasteiger partial charge in [0.2, 0.25) is 12.7 Å². The van der Waals surface area contributed by atoms with Crippen molar-refractivity contribution in [1.29, 1.82) is 0 Å². The molecule has 2 saturated heterocycles. The van der Waals surface area contributed by atoms with Crippen LogP contribution in [-0.2, 0) is 16.1 Å². The lowest BCUT2D eigenvalue weighted by molar-refractivity contribution is -0.127. The second-order valence-electron chi connectivity index (χ2n) is 7.08. The number of ether oxygens (including phenoxy) is 3. The molecule has 3 heterocycles. The number of fused-ring (bicyclic) bond motifs is 1. The van der Waals surface area contributed by atoms with Gasteiger partial charge in [-0.3, -0.25) is 9.69 Å². The minimum absolute atomic E-state index is 0.0885. The molecule has 0 radical (unpaired) electrons. The van der Waals surface area contributed by atoms with Gasteiger partial charge in [-0.2, -0.15) is 0 Å². The fourth-order valence-corrected chi connectivity index (χ4v) is 3.99. The lowest BCUT2D eigenvalue weighted by Crippen LogP contribution is -2.48. The Morgan fingerprint density at radius 1 is 1.16 bits per heavy atom. The number of piperidine rings is 1. The van der Waals surface area contributed by atoms with E-state index in [1.807, 2.05) is 18.2 Å². The van der Waals surface area contributed by atoms with E-state index in [0.29, 0.717) is 12.6 Å². The van der Waals surface area contributed by atoms with Gasteiger partial charge >= 0.3 is 0 Å². The molecule has 1 aromatic carbocycles. The van der Waals surface area contributed by atoms with Crippen LogP contribution < -0.4 is 14.8 Å². The van der Waals surface area contributed by atoms with Crippen molar-refractivity contribution in [1.82, 2.24) is 10.2 Å². The Hall–Kier alpha value is -1.79. The van der Waals surface area contributed by atoms with Gasteiger partial charge in [0.05, 0.1) is 5.92 Å². The van der Waals surface area contributed by atoms with E-state index in [1.165, 1.54) is 0 Å². The maximum atomic E-state index is 12.6. The van der Waals surface area contributed by atoms with E-state index >= 15 is 0 Å². The maximum absolute atomic E-state index is 12.6. The molecule has 0 spiro atoms. The summed E-state index contributed by atoms with van der Waals surface area (Å²) in [5.41, 5.74) is 1.04. The number of carbonyl (C=O) groups is 1. The van der Waals surface area contributed by atoms with Crippen LogP contribution in [0.25, 0.3) is 0 Å². The molecular weight excluding hydrogens is 320 g/mol. The second kappa shape index (κ2) is 7.62. The van der Waals surface area contributed by atoms with Gasteiger partial charge in [0.1, 0.15) is 0 Å². The molecule has 3 aliphatic heterocycles. The molecule has 0 aromatic heterocycles. The van der Waals surface area contributed by atoms with Crippen molar-refractivity contribution < 1.29 is 19.0 Å². The van der Waals surface area contributed by atoms with Crippen LogP contribution in [0.2, 0.25) is 0 Å². The number of nitrogens with zero attached hydrogens (tertiary/aromatic N) is 1. The van der Waals surface area contributed by atoms with Crippen molar-refractivity contribution in [2.75, 3.05) is 33.1 Å². The number of nitrogens with one attached hydrogen (secondary N) is 1. The third kappa shape index (κ3) is 3.90. The average molecular weight is 346 g/mol. The minimum atomic E-state index is 0.0885. The predicted molar refractivity (Wildman–Crippen MR) is 92.5 cm³/mol. The molecule has 1 aromatic rings. The van der Waals surface area contributed by atoms with Crippen molar-refractivity contribution in [2.24, 2.45) is 5.92 Å². The molecule has 3 aliphatic rings. The fourth-order valence-electron chi connectivity index (χ4n) is 3.99. The predicted octanol–water partition coefficient (Wildman–Crippen LogP) is 1.92. The van der Waals surface area contributed by atoms with E-state index in [4.69, 9.17) is 14.2 Å². The summed E-state index contributed by atoms with van der Waals surface area (Å²) >= 11 is 0. The topological polar surface area (TPSA) is 60.0 Å². The summed E-state index contributed by atoms with van der Waals surface area (Å²) in [6.45, 7) is 4.48. The number of hydrogen-bond donors (Lipinski definition) is 1. The number of hydrogen-bond acceptors (Lipinski definition) is 5. The Morgan fingerprint density at radius 3 is 2.88 bits per heavy atom. The largest absolute Gasteiger partial charge is 0.454 e. The molecule has 136 valence electrons. The molecule has 1 atom stereocenters. The third-order valence-electron chi connectivity index (χ3n) is 5.43. The van der Waals surface area contributed by atoms with Crippen LogP contribution in [-0.4, -0.2) is 49.9 Å². The Labute approximate surface area is 148 Å². The molecule has 6 nitrogen and oxygen atoms in total. The van der Waals surface area contributed by atoms with Crippen LogP contribution in [0.4, 0.5) is 0 Å². The number of rotatable bonds is 4. The van der Waals surface area contributed by atoms with Crippen molar-refractivity contribution >= 4 is 5.91 Å². The van der Waals surface area contributed by atoms with Gasteiger partial charge < -0.3 is 19.5 Å². The first kappa shape index (κ1) is 16.7. The summed E-state index contributed by atoms with van der Waals surface area (Å²) in [5.74, 6) is 1.78. The number of benzene rings is 1. The van der Waals surface area contributed by atoms with Gasteiger partial charge in [0.25, 0.3) is 0 Å². The Bertz CT molecular complexity index is 615. The molecular formula is C19H26N2O4. The van der Waals surface area contributed by atoms with E-state index in [0.717, 1.165) is 69.0 Å². The first-order valence-electron chi connectivity index (χ1n) is 9.27. The summed E-state index contributed by atoms with van der Waals surface area (Å²) in [4.78, 5) is 15.1. The molecule has 4 rings (SSSR count). The number of amides is 1. The van der Waals surface area contributed by atoms with E-state index in [9.17, 15) is 4.79 Å². The molecule has 0 saturated carbocycles. The van der Waals surface area contributed by atoms with E-state index in [-0.39, 0.29) is 18.6 Å². The maximum Gasteiger partial charge on any atom is 0.231 e. The van der Waals surface area contributed by atoms with Crippen LogP contribution in [0.15, 0.2) is 18.2 Å². The van der Waals surface area contributed by atoms with Crippen LogP contribution >= 0.6 is 0 Å². The monoisotopic (exact) mass is 346 g/mol. The van der Waals surface area contributed by atoms with Crippen molar-refractivity contribution in [3.8, 4) is 11.5 Å². The van der Waals surface area contributed by atoms with Gasteiger partial charge in [-0.1, -0.05) is 6.07 Å². The van der Waals surface area contributed by atoms with Gasteiger partial charge in [0.15, 0.2) is 11.5 Å². The Kier molecular flexibility index (Phi) is 5.08. The molecule has 1 amide bonds. The third-order valence-corrected chi connectivity index (χ3v) is 5.43. The summed E-state index contributed by atoms with van der Waals surface area (Å²) in [5, 5.41) is 3.10. The van der Waals surface area contributed by atoms with E-state index in [2.05, 4.69) is 10.2 Å². The second-order valence-corrected chi connectivity index (χ2v) is 7.08. The summed E-state index contributed by atoms with van der Waals surface area (Å²) < 4.78 is 16.2. The highest BCUT2D eigenvalue weighted by molar-refractivity contribution is 5.79. The number of likely N-dealkylation sites (tertiary alicyclic amines) is 1. The highest BCUT2D eigenvalue weighted by atomic mass is 16.7. The Balaban J connectivity index is 1.30. The molecule has 0 aliphatic carbocycles. The lowest BCUT2D eigenvalue weighted by Gasteiger charge is -2.39. The number of carbonyl (C=O) groups excluding carboxylic acids is 1. The fraction of sp³-hybridized carbons (Fsp3) is 0.632. The summed E-state index contributed by atoms with van der Waals surface area (Å²) in [7, 11) is 0. The minimum Gasteiger partial charge on any atom is -0.454 e. The SMILES string of the molecule is O=C(NCc1ccc2c(c1)OCO2)C1CCCN(C2CCOCC2)C1. The normalized spacial score (nSPS) is 24.2. The van der Waals surface area contributed by atoms with Crippen LogP contribution in [0.5, 0.6) is 11.5 Å². The standard InChI is InChI=1S/C19H26N2O4/c22-19(20-11-14-3-4-17-18(10-14)25-13-24-17)15-2-1-7-21(12-15)16-5-8-23-9-6-16/h3-4,10,15-16H,1-2,5-9,11-13H2,(H,20,22). The average Bonchev–Trinajstić information content (AvgIpc) is 3.15. The lowest BCUT2D eigenvalue weighted by atomic mass is 9.94. The zero-order valence-corrected chi connectivity index (χ0v) is 14.5. The highest BCUT2D eigenvalue weighted by Gasteiger charge is 2.30. The van der Waals surface area contributed by atoms with E-state index in [1.54, 1.807) is 0 Å². The zero-order chi connectivity index (χ0) is 17.1. The quantitative estimate of drug-likeness (QED) is 0.903. The van der Waals surface area contributed by atoms with Crippen molar-refractivity contribution in [2.45, 2.75) is 38.3 Å². The van der Waals surface area contributed by atoms with Gasteiger partial charge in [0, 0.05) is 32.3 Å². The molecule has 1 N–H and O–H groups in total. The van der Waals surface area contributed by atoms with Gasteiger partial charge in [-0.15, -0.1) is 0 Å². The highest BCUT2D eigenvalue weighted by Crippen LogP contribution is 2.32. The van der Waals surface area contributed by atoms with Crippen LogP contribution in [0, 0.1) is 5.92 Å². The van der Waals surface area contributed by atoms with Gasteiger partial charge in [-0.25, -0.2) is 0 Å². The molecule has 0 bridgehead atoms. The summed E-state index contributed by atoms with van der Waals surface area (Å²) in [6.07, 6.45) is 4.25. The first-order chi connectivity index (χ1) is 12.3. The molecule has 6 heteroatoms. The van der Waals surface area contributed by atoms with Gasteiger partial charge in [-0.05, 0) is 49.9 Å². The molecule has 25 heavy (non-hydrogen) atoms. The zero-order valence-electron chi connectivity index (χ0n) is 14.5. The smallest absolute Gasteiger partial charge is 0.231 e. The van der Waals surface area contributed by atoms with E-state index < -0.39 is 0 Å². The first-order valence-corrected chi connectivity index (χ1v) is 9.27. The van der Waals surface area contributed by atoms with Crippen molar-refractivity contribution in [3.63, 3.8) is 0 Å². The summed E-state index contributed by atoms with van der Waals surface area (Å²) in [6, 6.07) is 6.40. The van der Waals surface area contributed by atoms with Crippen molar-refractivity contribution in [3.05, 3.63) is 23.8 Å². The van der Waals surface area contributed by atoms with Crippen LogP contribution in [0.3, 0.4) is 0 Å². The molecule has 1 unspecified atom stereocenters.